The number of aromatic hydroxyl groups is 1. The van der Waals surface area contributed by atoms with Gasteiger partial charge in [-0.25, -0.2) is 0 Å². The maximum absolute atomic E-state index is 9.44. The number of furan rings is 1. The minimum Gasteiger partial charge on any atom is -0.507 e. The third-order valence-corrected chi connectivity index (χ3v) is 1.97. The van der Waals surface area contributed by atoms with Crippen molar-refractivity contribution < 1.29 is 9.52 Å². The highest BCUT2D eigenvalue weighted by molar-refractivity contribution is 5.65. The third-order valence-electron chi connectivity index (χ3n) is 1.97. The van der Waals surface area contributed by atoms with Gasteiger partial charge < -0.3 is 9.52 Å². The fourth-order valence-corrected chi connectivity index (χ4v) is 1.23. The summed E-state index contributed by atoms with van der Waals surface area (Å²) in [5, 5.41) is 18.0. The Morgan fingerprint density at radius 2 is 2.07 bits per heavy atom. The van der Waals surface area contributed by atoms with Crippen LogP contribution in [0.15, 0.2) is 41.2 Å². The number of rotatable bonds is 1. The van der Waals surface area contributed by atoms with Crippen molar-refractivity contribution >= 4 is 0 Å². The van der Waals surface area contributed by atoms with Crippen molar-refractivity contribution in [1.29, 1.82) is 5.26 Å². The summed E-state index contributed by atoms with van der Waals surface area (Å²) >= 11 is 0. The minimum atomic E-state index is -0.00815. The molecule has 0 fully saturated rings. The van der Waals surface area contributed by atoms with Crippen LogP contribution in [0, 0.1) is 11.3 Å². The lowest BCUT2D eigenvalue weighted by molar-refractivity contribution is 0.474. The quantitative estimate of drug-likeness (QED) is 0.742. The summed E-state index contributed by atoms with van der Waals surface area (Å²) in [6.07, 6.45) is 3.14. The largest absolute Gasteiger partial charge is 0.507 e. The van der Waals surface area contributed by atoms with E-state index in [0.717, 1.165) is 11.1 Å². The summed E-state index contributed by atoms with van der Waals surface area (Å²) in [4.78, 5) is 0. The van der Waals surface area contributed by atoms with Crippen molar-refractivity contribution in [1.82, 2.24) is 0 Å². The average Bonchev–Trinajstić information content (AvgIpc) is 2.70. The van der Waals surface area contributed by atoms with Gasteiger partial charge >= 0.3 is 0 Å². The summed E-state index contributed by atoms with van der Waals surface area (Å²) in [7, 11) is 0. The molecule has 3 nitrogen and oxygen atoms in total. The molecule has 0 amide bonds. The molecule has 0 aliphatic heterocycles. The number of benzene rings is 1. The van der Waals surface area contributed by atoms with Gasteiger partial charge in [-0.3, -0.25) is 0 Å². The van der Waals surface area contributed by atoms with Crippen molar-refractivity contribution in [3.8, 4) is 22.9 Å². The van der Waals surface area contributed by atoms with Crippen LogP contribution in [-0.2, 0) is 0 Å². The SMILES string of the molecule is N#Cc1ccc(-c2ccoc2)cc1O. The number of nitriles is 1. The Labute approximate surface area is 80.8 Å². The molecule has 1 aromatic heterocycles. The van der Waals surface area contributed by atoms with Crippen molar-refractivity contribution in [2.24, 2.45) is 0 Å². The van der Waals surface area contributed by atoms with Crippen LogP contribution in [0.2, 0.25) is 0 Å². The summed E-state index contributed by atoms with van der Waals surface area (Å²) in [5.41, 5.74) is 1.98. The Hall–Kier alpha value is -2.21. The van der Waals surface area contributed by atoms with E-state index in [1.807, 2.05) is 6.07 Å². The first-order valence-electron chi connectivity index (χ1n) is 4.07. The molecule has 0 atom stereocenters. The van der Waals surface area contributed by atoms with Gasteiger partial charge in [-0.05, 0) is 23.8 Å². The zero-order chi connectivity index (χ0) is 9.97. The number of hydrogen-bond acceptors (Lipinski definition) is 3. The standard InChI is InChI=1S/C11H7NO2/c12-6-9-2-1-8(5-11(9)13)10-3-4-14-7-10/h1-5,7,13H. The summed E-state index contributed by atoms with van der Waals surface area (Å²) < 4.78 is 4.92. The highest BCUT2D eigenvalue weighted by atomic mass is 16.3. The summed E-state index contributed by atoms with van der Waals surface area (Å²) in [5.74, 6) is -0.00815. The normalized spacial score (nSPS) is 9.64. The van der Waals surface area contributed by atoms with Crippen molar-refractivity contribution in [3.05, 3.63) is 42.4 Å². The van der Waals surface area contributed by atoms with E-state index in [4.69, 9.17) is 9.68 Å². The second-order valence-electron chi connectivity index (χ2n) is 2.86. The van der Waals surface area contributed by atoms with Crippen LogP contribution in [-0.4, -0.2) is 5.11 Å². The Morgan fingerprint density at radius 1 is 1.21 bits per heavy atom. The van der Waals surface area contributed by atoms with Crippen molar-refractivity contribution in [2.45, 2.75) is 0 Å². The summed E-state index contributed by atoms with van der Waals surface area (Å²) in [6.45, 7) is 0. The molecule has 0 saturated carbocycles. The second-order valence-corrected chi connectivity index (χ2v) is 2.86. The highest BCUT2D eigenvalue weighted by Crippen LogP contribution is 2.26. The Kier molecular flexibility index (Phi) is 1.96. The van der Waals surface area contributed by atoms with Gasteiger partial charge in [0.05, 0.1) is 18.1 Å². The van der Waals surface area contributed by atoms with E-state index in [1.54, 1.807) is 36.8 Å². The Balaban J connectivity index is 2.49. The lowest BCUT2D eigenvalue weighted by Crippen LogP contribution is -1.78. The Bertz CT molecular complexity index is 480. The highest BCUT2D eigenvalue weighted by Gasteiger charge is 2.03. The van der Waals surface area contributed by atoms with Crippen LogP contribution >= 0.6 is 0 Å². The topological polar surface area (TPSA) is 57.2 Å². The molecule has 0 aliphatic rings. The molecular formula is C11H7NO2. The van der Waals surface area contributed by atoms with E-state index < -0.39 is 0 Å². The van der Waals surface area contributed by atoms with E-state index in [0.29, 0.717) is 0 Å². The van der Waals surface area contributed by atoms with Gasteiger partial charge in [0, 0.05) is 5.56 Å². The molecule has 3 heteroatoms. The van der Waals surface area contributed by atoms with E-state index in [2.05, 4.69) is 0 Å². The molecule has 1 heterocycles. The number of hydrogen-bond donors (Lipinski definition) is 1. The molecule has 14 heavy (non-hydrogen) atoms. The molecule has 0 aliphatic carbocycles. The molecule has 2 aromatic rings. The van der Waals surface area contributed by atoms with Crippen LogP contribution in [0.1, 0.15) is 5.56 Å². The predicted molar refractivity (Wildman–Crippen MR) is 50.5 cm³/mol. The monoisotopic (exact) mass is 185 g/mol. The molecule has 0 saturated heterocycles. The lowest BCUT2D eigenvalue weighted by atomic mass is 10.1. The maximum Gasteiger partial charge on any atom is 0.133 e. The van der Waals surface area contributed by atoms with Gasteiger partial charge in [0.2, 0.25) is 0 Å². The molecule has 1 N–H and O–H groups in total. The molecular weight excluding hydrogens is 178 g/mol. The zero-order valence-corrected chi connectivity index (χ0v) is 7.27. The number of nitrogens with zero attached hydrogens (tertiary/aromatic N) is 1. The van der Waals surface area contributed by atoms with Gasteiger partial charge in [0.1, 0.15) is 11.8 Å². The van der Waals surface area contributed by atoms with Crippen molar-refractivity contribution in [3.63, 3.8) is 0 Å². The Morgan fingerprint density at radius 3 is 2.64 bits per heavy atom. The fourth-order valence-electron chi connectivity index (χ4n) is 1.23. The van der Waals surface area contributed by atoms with E-state index in [9.17, 15) is 5.11 Å². The first kappa shape index (κ1) is 8.39. The molecule has 0 radical (unpaired) electrons. The average molecular weight is 185 g/mol. The first-order chi connectivity index (χ1) is 6.81. The smallest absolute Gasteiger partial charge is 0.133 e. The van der Waals surface area contributed by atoms with Gasteiger partial charge in [0.25, 0.3) is 0 Å². The minimum absolute atomic E-state index is 0.00815. The molecule has 68 valence electrons. The van der Waals surface area contributed by atoms with E-state index >= 15 is 0 Å². The van der Waals surface area contributed by atoms with Crippen LogP contribution < -0.4 is 0 Å². The third kappa shape index (κ3) is 1.34. The van der Waals surface area contributed by atoms with Gasteiger partial charge in [-0.1, -0.05) is 6.07 Å². The number of phenolic OH excluding ortho intramolecular Hbond substituents is 1. The van der Waals surface area contributed by atoms with Crippen LogP contribution in [0.3, 0.4) is 0 Å². The fraction of sp³-hybridized carbons (Fsp3) is 0. The van der Waals surface area contributed by atoms with Crippen molar-refractivity contribution in [2.75, 3.05) is 0 Å². The van der Waals surface area contributed by atoms with Crippen LogP contribution in [0.25, 0.3) is 11.1 Å². The molecule has 0 unspecified atom stereocenters. The van der Waals surface area contributed by atoms with E-state index in [1.165, 1.54) is 0 Å². The lowest BCUT2D eigenvalue weighted by Gasteiger charge is -1.99. The first-order valence-corrected chi connectivity index (χ1v) is 4.07. The molecule has 0 bridgehead atoms. The van der Waals surface area contributed by atoms with Crippen LogP contribution in [0.5, 0.6) is 5.75 Å². The molecule has 1 aromatic carbocycles. The van der Waals surface area contributed by atoms with Gasteiger partial charge in [-0.15, -0.1) is 0 Å². The predicted octanol–water partition coefficient (Wildman–Crippen LogP) is 2.52. The van der Waals surface area contributed by atoms with Gasteiger partial charge in [-0.2, -0.15) is 5.26 Å². The molecule has 0 spiro atoms. The maximum atomic E-state index is 9.44. The summed E-state index contributed by atoms with van der Waals surface area (Å²) in [6, 6.07) is 8.58. The van der Waals surface area contributed by atoms with E-state index in [-0.39, 0.29) is 11.3 Å². The zero-order valence-electron chi connectivity index (χ0n) is 7.27. The van der Waals surface area contributed by atoms with Gasteiger partial charge in [0.15, 0.2) is 0 Å². The molecule has 2 rings (SSSR count). The number of phenols is 1. The van der Waals surface area contributed by atoms with Crippen LogP contribution in [0.4, 0.5) is 0 Å². The second kappa shape index (κ2) is 3.27.